The zero-order chi connectivity index (χ0) is 9.68. The lowest BCUT2D eigenvalue weighted by molar-refractivity contribution is 0.712. The fourth-order valence-corrected chi connectivity index (χ4v) is 2.17. The van der Waals surface area contributed by atoms with Gasteiger partial charge in [-0.15, -0.1) is 0 Å². The first-order chi connectivity index (χ1) is 6.20. The van der Waals surface area contributed by atoms with Crippen LogP contribution in [0.2, 0.25) is 0 Å². The molecule has 1 atom stereocenters. The van der Waals surface area contributed by atoms with E-state index >= 15 is 0 Å². The topological polar surface area (TPSA) is 0 Å². The molecule has 1 rings (SSSR count). The highest BCUT2D eigenvalue weighted by molar-refractivity contribution is 7.60. The first-order valence-corrected chi connectivity index (χ1v) is 7.22. The number of hydrogen-bond acceptors (Lipinski definition) is 0. The molecule has 0 aliphatic heterocycles. The van der Waals surface area contributed by atoms with E-state index in [4.69, 9.17) is 0 Å². The molecule has 0 saturated carbocycles. The van der Waals surface area contributed by atoms with Gasteiger partial charge in [0.2, 0.25) is 0 Å². The molecule has 0 aromatic carbocycles. The maximum atomic E-state index is 2.43. The summed E-state index contributed by atoms with van der Waals surface area (Å²) in [5, 5.41) is 0. The Bertz CT molecular complexity index is 201. The highest BCUT2D eigenvalue weighted by Gasteiger charge is 2.03. The van der Waals surface area contributed by atoms with Crippen molar-refractivity contribution in [2.24, 2.45) is 0 Å². The quantitative estimate of drug-likeness (QED) is 0.582. The first kappa shape index (κ1) is 11.0. The molecule has 0 saturated heterocycles. The maximum absolute atomic E-state index is 2.43. The highest BCUT2D eigenvalue weighted by Crippen LogP contribution is 2.38. The molecule has 0 heterocycles. The number of hydrogen-bond donors (Lipinski definition) is 0. The Labute approximate surface area is 83.9 Å². The minimum Gasteiger partial charge on any atom is -0.0838 e. The van der Waals surface area contributed by atoms with Crippen molar-refractivity contribution in [2.75, 3.05) is 6.66 Å². The summed E-state index contributed by atoms with van der Waals surface area (Å²) >= 11 is 0. The van der Waals surface area contributed by atoms with Crippen LogP contribution in [0, 0.1) is 0 Å². The van der Waals surface area contributed by atoms with E-state index in [2.05, 4.69) is 38.5 Å². The van der Waals surface area contributed by atoms with Gasteiger partial charge in [0.15, 0.2) is 0 Å². The molecule has 1 aliphatic carbocycles. The van der Waals surface area contributed by atoms with Gasteiger partial charge in [-0.2, -0.15) is 0 Å². The van der Waals surface area contributed by atoms with E-state index in [1.54, 1.807) is 5.57 Å². The largest absolute Gasteiger partial charge is 0.0838 e. The Kier molecular flexibility index (Phi) is 4.73. The molecule has 0 aromatic heterocycles. The monoisotopic (exact) mass is 196 g/mol. The van der Waals surface area contributed by atoms with E-state index in [-0.39, 0.29) is 7.92 Å². The van der Waals surface area contributed by atoms with Gasteiger partial charge in [0.1, 0.15) is 0 Å². The van der Waals surface area contributed by atoms with E-state index < -0.39 is 0 Å². The molecule has 1 unspecified atom stereocenters. The predicted octanol–water partition coefficient (Wildman–Crippen LogP) is 4.52. The van der Waals surface area contributed by atoms with Crippen molar-refractivity contribution in [3.05, 3.63) is 23.5 Å². The van der Waals surface area contributed by atoms with Crippen LogP contribution in [0.3, 0.4) is 0 Å². The highest BCUT2D eigenvalue weighted by atomic mass is 31.1. The lowest BCUT2D eigenvalue weighted by Gasteiger charge is -2.12. The molecule has 1 heteroatoms. The van der Waals surface area contributed by atoms with Gasteiger partial charge in [0.25, 0.3) is 0 Å². The Morgan fingerprint density at radius 2 is 2.15 bits per heavy atom. The standard InChI is InChI=1S/C12H21P/c1-11(2)13(3)10-9-12-7-5-4-6-8-12/h7,9-11H,4-6,8H2,1-3H3/b10-9+. The van der Waals surface area contributed by atoms with Crippen molar-refractivity contribution in [1.82, 2.24) is 0 Å². The van der Waals surface area contributed by atoms with Gasteiger partial charge in [0, 0.05) is 0 Å². The van der Waals surface area contributed by atoms with Gasteiger partial charge in [-0.1, -0.05) is 45.3 Å². The summed E-state index contributed by atoms with van der Waals surface area (Å²) in [6.07, 6.45) is 10.1. The third-order valence-electron chi connectivity index (χ3n) is 2.66. The van der Waals surface area contributed by atoms with Crippen LogP contribution in [0.4, 0.5) is 0 Å². The molecule has 0 bridgehead atoms. The van der Waals surface area contributed by atoms with E-state index in [1.807, 2.05) is 0 Å². The minimum atomic E-state index is 0.114. The Hall–Kier alpha value is -0.0900. The van der Waals surface area contributed by atoms with Crippen molar-refractivity contribution >= 4 is 7.92 Å². The summed E-state index contributed by atoms with van der Waals surface area (Å²) in [5.41, 5.74) is 2.40. The molecule has 0 N–H and O–H groups in total. The van der Waals surface area contributed by atoms with Gasteiger partial charge in [0.05, 0.1) is 0 Å². The third kappa shape index (κ3) is 4.09. The first-order valence-electron chi connectivity index (χ1n) is 5.29. The van der Waals surface area contributed by atoms with Crippen molar-refractivity contribution in [3.8, 4) is 0 Å². The summed E-state index contributed by atoms with van der Waals surface area (Å²) in [6.45, 7) is 6.98. The fourth-order valence-electron chi connectivity index (χ4n) is 1.40. The molecule has 74 valence electrons. The predicted molar refractivity (Wildman–Crippen MR) is 63.7 cm³/mol. The lowest BCUT2D eigenvalue weighted by atomic mass is 10.00. The third-order valence-corrected chi connectivity index (χ3v) is 4.91. The molecule has 0 amide bonds. The van der Waals surface area contributed by atoms with Crippen LogP contribution in [-0.2, 0) is 0 Å². The fraction of sp³-hybridized carbons (Fsp3) is 0.667. The molecule has 0 spiro atoms. The zero-order valence-electron chi connectivity index (χ0n) is 9.09. The van der Waals surface area contributed by atoms with Crippen LogP contribution in [0.1, 0.15) is 39.5 Å². The number of allylic oxidation sites excluding steroid dienone is 3. The SMILES string of the molecule is CC(C)P(C)/C=C/C1=CCCCC1. The van der Waals surface area contributed by atoms with Crippen molar-refractivity contribution in [2.45, 2.75) is 45.2 Å². The Morgan fingerprint density at radius 1 is 1.38 bits per heavy atom. The van der Waals surface area contributed by atoms with Crippen molar-refractivity contribution < 1.29 is 0 Å². The van der Waals surface area contributed by atoms with Crippen LogP contribution in [0.25, 0.3) is 0 Å². The molecule has 0 aromatic rings. The second-order valence-corrected chi connectivity index (χ2v) is 6.76. The van der Waals surface area contributed by atoms with Gasteiger partial charge in [-0.05, 0) is 38.0 Å². The van der Waals surface area contributed by atoms with E-state index in [0.717, 1.165) is 5.66 Å². The summed E-state index contributed by atoms with van der Waals surface area (Å²) in [6, 6.07) is 0. The summed E-state index contributed by atoms with van der Waals surface area (Å²) in [4.78, 5) is 0. The van der Waals surface area contributed by atoms with Crippen molar-refractivity contribution in [1.29, 1.82) is 0 Å². The molecular weight excluding hydrogens is 175 g/mol. The molecule has 13 heavy (non-hydrogen) atoms. The zero-order valence-corrected chi connectivity index (χ0v) is 9.98. The van der Waals surface area contributed by atoms with Gasteiger partial charge < -0.3 is 0 Å². The summed E-state index contributed by atoms with van der Waals surface area (Å²) < 4.78 is 0. The smallest absolute Gasteiger partial charge is 0.0234 e. The van der Waals surface area contributed by atoms with Crippen LogP contribution >= 0.6 is 7.92 Å². The maximum Gasteiger partial charge on any atom is -0.0234 e. The van der Waals surface area contributed by atoms with Gasteiger partial charge in [-0.25, -0.2) is 0 Å². The molecular formula is C12H21P. The minimum absolute atomic E-state index is 0.114. The summed E-state index contributed by atoms with van der Waals surface area (Å²) in [7, 11) is 0.114. The Balaban J connectivity index is 2.42. The van der Waals surface area contributed by atoms with Crippen LogP contribution in [-0.4, -0.2) is 12.3 Å². The van der Waals surface area contributed by atoms with Gasteiger partial charge in [-0.3, -0.25) is 0 Å². The molecule has 1 aliphatic rings. The average Bonchev–Trinajstić information content (AvgIpc) is 2.15. The van der Waals surface area contributed by atoms with Crippen molar-refractivity contribution in [3.63, 3.8) is 0 Å². The van der Waals surface area contributed by atoms with Crippen LogP contribution in [0.5, 0.6) is 0 Å². The molecule has 0 radical (unpaired) electrons. The van der Waals surface area contributed by atoms with E-state index in [0.29, 0.717) is 0 Å². The molecule has 0 nitrogen and oxygen atoms in total. The number of rotatable bonds is 3. The Morgan fingerprint density at radius 3 is 2.69 bits per heavy atom. The van der Waals surface area contributed by atoms with E-state index in [1.165, 1.54) is 25.7 Å². The average molecular weight is 196 g/mol. The lowest BCUT2D eigenvalue weighted by Crippen LogP contribution is -1.90. The second-order valence-electron chi connectivity index (χ2n) is 4.10. The second kappa shape index (κ2) is 5.60. The normalized spacial score (nSPS) is 20.8. The van der Waals surface area contributed by atoms with Crippen LogP contribution < -0.4 is 0 Å². The van der Waals surface area contributed by atoms with E-state index in [9.17, 15) is 0 Å². The van der Waals surface area contributed by atoms with Gasteiger partial charge >= 0.3 is 0 Å². The molecule has 0 fully saturated rings. The van der Waals surface area contributed by atoms with Crippen LogP contribution in [0.15, 0.2) is 23.5 Å². The summed E-state index contributed by atoms with van der Waals surface area (Å²) in [5.74, 6) is 2.43.